The molecule has 2 aromatic rings. The Kier molecular flexibility index (Phi) is 4.26. The van der Waals surface area contributed by atoms with Crippen LogP contribution >= 0.6 is 0 Å². The zero-order valence-electron chi connectivity index (χ0n) is 12.1. The molecule has 4 nitrogen and oxygen atoms in total. The van der Waals surface area contributed by atoms with Gasteiger partial charge in [-0.3, -0.25) is 0 Å². The zero-order chi connectivity index (χ0) is 14.5. The van der Waals surface area contributed by atoms with Crippen molar-refractivity contribution in [2.24, 2.45) is 0 Å². The lowest BCUT2D eigenvalue weighted by Crippen LogP contribution is -2.11. The second-order valence-electron chi connectivity index (χ2n) is 4.90. The Hall–Kier alpha value is -2.20. The molecule has 0 unspecified atom stereocenters. The lowest BCUT2D eigenvalue weighted by molar-refractivity contribution is 0.173. The fraction of sp³-hybridized carbons (Fsp3) is 0.294. The number of fused-ring (bicyclic) bond motifs is 1. The molecule has 4 heteroatoms. The molecular formula is C17H19NO3. The summed E-state index contributed by atoms with van der Waals surface area (Å²) in [6, 6.07) is 14.1. The number of hydrogen-bond acceptors (Lipinski definition) is 4. The van der Waals surface area contributed by atoms with Crippen molar-refractivity contribution in [2.75, 3.05) is 13.3 Å². The van der Waals surface area contributed by atoms with Crippen molar-refractivity contribution < 1.29 is 14.2 Å². The molecule has 0 radical (unpaired) electrons. The molecule has 0 amide bonds. The van der Waals surface area contributed by atoms with Gasteiger partial charge in [0.15, 0.2) is 11.5 Å². The third-order valence-electron chi connectivity index (χ3n) is 3.32. The van der Waals surface area contributed by atoms with E-state index in [-0.39, 0.29) is 6.79 Å². The van der Waals surface area contributed by atoms with Gasteiger partial charge < -0.3 is 19.5 Å². The van der Waals surface area contributed by atoms with E-state index in [0.29, 0.717) is 6.61 Å². The Morgan fingerprint density at radius 1 is 1.05 bits per heavy atom. The largest absolute Gasteiger partial charge is 0.489 e. The van der Waals surface area contributed by atoms with Crippen LogP contribution in [0.1, 0.15) is 18.1 Å². The van der Waals surface area contributed by atoms with Crippen molar-refractivity contribution in [1.29, 1.82) is 0 Å². The summed E-state index contributed by atoms with van der Waals surface area (Å²) in [6.45, 7) is 4.78. The van der Waals surface area contributed by atoms with Crippen LogP contribution in [0.5, 0.6) is 17.2 Å². The molecule has 0 aliphatic carbocycles. The van der Waals surface area contributed by atoms with Crippen LogP contribution in [0.25, 0.3) is 0 Å². The van der Waals surface area contributed by atoms with E-state index in [1.165, 1.54) is 5.56 Å². The molecule has 21 heavy (non-hydrogen) atoms. The molecule has 1 N–H and O–H groups in total. The molecule has 0 fully saturated rings. The van der Waals surface area contributed by atoms with Gasteiger partial charge in [0.25, 0.3) is 0 Å². The Labute approximate surface area is 124 Å². The highest BCUT2D eigenvalue weighted by Gasteiger charge is 2.13. The number of nitrogens with one attached hydrogen (secondary N) is 1. The second kappa shape index (κ2) is 6.50. The van der Waals surface area contributed by atoms with E-state index in [2.05, 4.69) is 36.5 Å². The summed E-state index contributed by atoms with van der Waals surface area (Å²) in [4.78, 5) is 0. The van der Waals surface area contributed by atoms with Gasteiger partial charge in [-0.15, -0.1) is 0 Å². The maximum atomic E-state index is 5.82. The summed E-state index contributed by atoms with van der Waals surface area (Å²) in [5.41, 5.74) is 2.42. The number of benzene rings is 2. The Bertz CT molecular complexity index is 613. The number of rotatable bonds is 6. The van der Waals surface area contributed by atoms with Crippen molar-refractivity contribution in [3.05, 3.63) is 53.6 Å². The van der Waals surface area contributed by atoms with Crippen LogP contribution in [-0.4, -0.2) is 13.3 Å². The minimum absolute atomic E-state index is 0.283. The highest BCUT2D eigenvalue weighted by molar-refractivity contribution is 5.46. The van der Waals surface area contributed by atoms with Crippen LogP contribution in [0.15, 0.2) is 42.5 Å². The third-order valence-corrected chi connectivity index (χ3v) is 3.32. The Balaban J connectivity index is 1.62. The van der Waals surface area contributed by atoms with Crippen molar-refractivity contribution in [3.63, 3.8) is 0 Å². The van der Waals surface area contributed by atoms with E-state index in [4.69, 9.17) is 14.2 Å². The molecule has 0 saturated carbocycles. The van der Waals surface area contributed by atoms with Gasteiger partial charge in [-0.05, 0) is 29.8 Å². The molecule has 110 valence electrons. The highest BCUT2D eigenvalue weighted by Crippen LogP contribution is 2.35. The summed E-state index contributed by atoms with van der Waals surface area (Å²) >= 11 is 0. The van der Waals surface area contributed by atoms with Crippen LogP contribution in [0.3, 0.4) is 0 Å². The zero-order valence-corrected chi connectivity index (χ0v) is 12.1. The van der Waals surface area contributed by atoms with Gasteiger partial charge >= 0.3 is 0 Å². The lowest BCUT2D eigenvalue weighted by Gasteiger charge is -2.09. The Morgan fingerprint density at radius 3 is 2.81 bits per heavy atom. The van der Waals surface area contributed by atoms with Crippen LogP contribution in [0.4, 0.5) is 0 Å². The average molecular weight is 285 g/mol. The second-order valence-corrected chi connectivity index (χ2v) is 4.90. The van der Waals surface area contributed by atoms with E-state index < -0.39 is 0 Å². The maximum absolute atomic E-state index is 5.82. The van der Waals surface area contributed by atoms with Crippen molar-refractivity contribution in [2.45, 2.75) is 20.1 Å². The molecule has 3 rings (SSSR count). The smallest absolute Gasteiger partial charge is 0.231 e. The van der Waals surface area contributed by atoms with Gasteiger partial charge in [0.2, 0.25) is 6.79 Å². The van der Waals surface area contributed by atoms with Crippen LogP contribution in [-0.2, 0) is 13.2 Å². The Morgan fingerprint density at radius 2 is 1.90 bits per heavy atom. The van der Waals surface area contributed by atoms with E-state index in [9.17, 15) is 0 Å². The minimum atomic E-state index is 0.283. The maximum Gasteiger partial charge on any atom is 0.231 e. The molecule has 0 atom stereocenters. The normalized spacial score (nSPS) is 12.4. The average Bonchev–Trinajstić information content (AvgIpc) is 2.99. The minimum Gasteiger partial charge on any atom is -0.489 e. The lowest BCUT2D eigenvalue weighted by atomic mass is 10.1. The van der Waals surface area contributed by atoms with Gasteiger partial charge in [-0.25, -0.2) is 0 Å². The van der Waals surface area contributed by atoms with Crippen LogP contribution in [0.2, 0.25) is 0 Å². The quantitative estimate of drug-likeness (QED) is 0.885. The topological polar surface area (TPSA) is 39.7 Å². The molecule has 0 aromatic heterocycles. The fourth-order valence-corrected chi connectivity index (χ4v) is 2.23. The first-order chi connectivity index (χ1) is 10.3. The molecule has 1 aliphatic heterocycles. The molecule has 0 saturated heterocycles. The van der Waals surface area contributed by atoms with Crippen molar-refractivity contribution in [1.82, 2.24) is 5.32 Å². The first kappa shape index (κ1) is 13.8. The molecule has 0 bridgehead atoms. The van der Waals surface area contributed by atoms with E-state index in [1.807, 2.05) is 18.2 Å². The van der Waals surface area contributed by atoms with Gasteiger partial charge in [0.1, 0.15) is 12.4 Å². The first-order valence-corrected chi connectivity index (χ1v) is 7.16. The summed E-state index contributed by atoms with van der Waals surface area (Å²) in [7, 11) is 0. The fourth-order valence-electron chi connectivity index (χ4n) is 2.23. The van der Waals surface area contributed by atoms with Gasteiger partial charge in [-0.1, -0.05) is 31.2 Å². The van der Waals surface area contributed by atoms with Crippen molar-refractivity contribution in [3.8, 4) is 17.2 Å². The van der Waals surface area contributed by atoms with Gasteiger partial charge in [-0.2, -0.15) is 0 Å². The summed E-state index contributed by atoms with van der Waals surface area (Å²) in [6.07, 6.45) is 0. The van der Waals surface area contributed by atoms with Crippen LogP contribution in [0, 0.1) is 0 Å². The molecule has 0 spiro atoms. The predicted octanol–water partition coefficient (Wildman–Crippen LogP) is 3.10. The third kappa shape index (κ3) is 3.47. The monoisotopic (exact) mass is 285 g/mol. The molecule has 1 aliphatic rings. The summed E-state index contributed by atoms with van der Waals surface area (Å²) in [5.74, 6) is 2.31. The molecule has 2 aromatic carbocycles. The van der Waals surface area contributed by atoms with Crippen LogP contribution < -0.4 is 19.5 Å². The summed E-state index contributed by atoms with van der Waals surface area (Å²) in [5, 5.41) is 3.32. The number of ether oxygens (including phenoxy) is 3. The van der Waals surface area contributed by atoms with Crippen molar-refractivity contribution >= 4 is 0 Å². The molecule has 1 heterocycles. The first-order valence-electron chi connectivity index (χ1n) is 7.16. The van der Waals surface area contributed by atoms with E-state index in [1.54, 1.807) is 0 Å². The van der Waals surface area contributed by atoms with E-state index >= 15 is 0 Å². The van der Waals surface area contributed by atoms with Gasteiger partial charge in [0, 0.05) is 12.6 Å². The van der Waals surface area contributed by atoms with E-state index in [0.717, 1.165) is 35.9 Å². The van der Waals surface area contributed by atoms with Gasteiger partial charge in [0.05, 0.1) is 0 Å². The highest BCUT2D eigenvalue weighted by atomic mass is 16.7. The molecular weight excluding hydrogens is 266 g/mol. The predicted molar refractivity (Wildman–Crippen MR) is 80.7 cm³/mol. The standard InChI is InChI=1S/C17H19NO3/c1-2-18-10-13-4-3-5-14(8-13)11-19-15-6-7-16-17(9-15)21-12-20-16/h3-9,18H,2,10-12H2,1H3. The number of hydrogen-bond donors (Lipinski definition) is 1. The summed E-state index contributed by atoms with van der Waals surface area (Å²) < 4.78 is 16.4. The SMILES string of the molecule is CCNCc1cccc(COc2ccc3c(c2)OCO3)c1.